The topological polar surface area (TPSA) is 73.1 Å². The number of carbonyl (C=O) groups excluding carboxylic acids is 1. The minimum atomic E-state index is 0.0863. The minimum absolute atomic E-state index is 0.0863. The van der Waals surface area contributed by atoms with E-state index in [0.29, 0.717) is 11.5 Å². The van der Waals surface area contributed by atoms with Crippen molar-refractivity contribution in [2.45, 2.75) is 17.7 Å². The summed E-state index contributed by atoms with van der Waals surface area (Å²) in [5, 5.41) is 1.08. The minimum Gasteiger partial charge on any atom is -0.497 e. The number of thioether (sulfide) groups is 1. The van der Waals surface area contributed by atoms with Gasteiger partial charge in [0.15, 0.2) is 0 Å². The molecule has 162 valence electrons. The summed E-state index contributed by atoms with van der Waals surface area (Å²) in [6, 6.07) is 9.55. The largest absolute Gasteiger partial charge is 0.497 e. The maximum absolute atomic E-state index is 12.9. The van der Waals surface area contributed by atoms with Crippen LogP contribution in [0.1, 0.15) is 23.2 Å². The summed E-state index contributed by atoms with van der Waals surface area (Å²) in [7, 11) is 1.63. The number of hydrogen-bond acceptors (Lipinski definition) is 6. The zero-order chi connectivity index (χ0) is 22.1. The molecule has 4 heterocycles. The van der Waals surface area contributed by atoms with Crippen molar-refractivity contribution in [2.75, 3.05) is 26.5 Å². The van der Waals surface area contributed by atoms with Gasteiger partial charge < -0.3 is 9.64 Å². The lowest BCUT2D eigenvalue weighted by molar-refractivity contribution is 0.0793. The maximum Gasteiger partial charge on any atom is 0.253 e. The van der Waals surface area contributed by atoms with Gasteiger partial charge in [-0.2, -0.15) is 0 Å². The van der Waals surface area contributed by atoms with Crippen LogP contribution in [-0.2, 0) is 0 Å². The lowest BCUT2D eigenvalue weighted by Crippen LogP contribution is -2.27. The molecule has 0 spiro atoms. The first-order valence-corrected chi connectivity index (χ1v) is 11.7. The summed E-state index contributed by atoms with van der Waals surface area (Å²) in [6.07, 6.45) is 11.4. The SMILES string of the molecule is COc1ccnc(-c2cnc(-n3cc(SC)c4ccc(C(=O)N5CCCC5)cc43)nc2)c1. The third-order valence-electron chi connectivity index (χ3n) is 5.75. The molecule has 0 bridgehead atoms. The zero-order valence-electron chi connectivity index (χ0n) is 18.0. The lowest BCUT2D eigenvalue weighted by atomic mass is 10.1. The molecule has 32 heavy (non-hydrogen) atoms. The van der Waals surface area contributed by atoms with E-state index in [0.717, 1.165) is 58.7 Å². The predicted molar refractivity (Wildman–Crippen MR) is 126 cm³/mol. The molecular formula is C24H23N5O2S. The second kappa shape index (κ2) is 8.63. The van der Waals surface area contributed by atoms with Crippen LogP contribution in [-0.4, -0.2) is 56.8 Å². The Bertz CT molecular complexity index is 1280. The van der Waals surface area contributed by atoms with Gasteiger partial charge in [-0.15, -0.1) is 11.8 Å². The van der Waals surface area contributed by atoms with Crippen LogP contribution in [0.3, 0.4) is 0 Å². The summed E-state index contributed by atoms with van der Waals surface area (Å²) in [5.74, 6) is 1.37. The Morgan fingerprint density at radius 2 is 1.84 bits per heavy atom. The molecule has 0 atom stereocenters. The van der Waals surface area contributed by atoms with Gasteiger partial charge in [0, 0.05) is 65.4 Å². The molecule has 1 saturated heterocycles. The number of aromatic nitrogens is 4. The Hall–Kier alpha value is -3.39. The van der Waals surface area contributed by atoms with E-state index in [-0.39, 0.29) is 5.91 Å². The number of ether oxygens (including phenoxy) is 1. The number of amides is 1. The summed E-state index contributed by atoms with van der Waals surface area (Å²) in [4.78, 5) is 29.5. The molecule has 0 N–H and O–H groups in total. The van der Waals surface area contributed by atoms with Crippen molar-refractivity contribution < 1.29 is 9.53 Å². The van der Waals surface area contributed by atoms with Crippen molar-refractivity contribution in [1.29, 1.82) is 0 Å². The fraction of sp³-hybridized carbons (Fsp3) is 0.250. The van der Waals surface area contributed by atoms with E-state index in [1.54, 1.807) is 43.5 Å². The average Bonchev–Trinajstić information content (AvgIpc) is 3.52. The van der Waals surface area contributed by atoms with Gasteiger partial charge in [-0.25, -0.2) is 9.97 Å². The number of benzene rings is 1. The van der Waals surface area contributed by atoms with E-state index < -0.39 is 0 Å². The second-order valence-electron chi connectivity index (χ2n) is 7.65. The molecule has 5 rings (SSSR count). The molecular weight excluding hydrogens is 422 g/mol. The number of methoxy groups -OCH3 is 1. The third-order valence-corrected chi connectivity index (χ3v) is 6.51. The number of nitrogens with zero attached hydrogens (tertiary/aromatic N) is 5. The number of likely N-dealkylation sites (tertiary alicyclic amines) is 1. The van der Waals surface area contributed by atoms with Crippen molar-refractivity contribution in [1.82, 2.24) is 24.4 Å². The highest BCUT2D eigenvalue weighted by Gasteiger charge is 2.21. The van der Waals surface area contributed by atoms with Gasteiger partial charge in [0.1, 0.15) is 5.75 Å². The number of carbonyl (C=O) groups is 1. The van der Waals surface area contributed by atoms with Gasteiger partial charge in [0.25, 0.3) is 5.91 Å². The standard InChI is InChI=1S/C24H23N5O2S/c1-31-18-7-8-25-20(12-18)17-13-26-24(27-14-17)29-15-22(32-2)19-6-5-16(11-21(19)29)23(30)28-9-3-4-10-28/h5-8,11-15H,3-4,9-10H2,1-2H3. The molecule has 7 nitrogen and oxygen atoms in total. The van der Waals surface area contributed by atoms with Gasteiger partial charge in [-0.3, -0.25) is 14.3 Å². The maximum atomic E-state index is 12.9. The number of pyridine rings is 1. The Morgan fingerprint density at radius 3 is 2.56 bits per heavy atom. The van der Waals surface area contributed by atoms with E-state index in [2.05, 4.69) is 15.0 Å². The zero-order valence-corrected chi connectivity index (χ0v) is 18.8. The van der Waals surface area contributed by atoms with Crippen molar-refractivity contribution >= 4 is 28.6 Å². The van der Waals surface area contributed by atoms with Crippen molar-refractivity contribution in [3.05, 3.63) is 60.7 Å². The van der Waals surface area contributed by atoms with Crippen LogP contribution in [0.15, 0.2) is 60.0 Å². The summed E-state index contributed by atoms with van der Waals surface area (Å²) >= 11 is 1.66. The van der Waals surface area contributed by atoms with E-state index >= 15 is 0 Å². The van der Waals surface area contributed by atoms with E-state index in [9.17, 15) is 4.79 Å². The highest BCUT2D eigenvalue weighted by atomic mass is 32.2. The second-order valence-corrected chi connectivity index (χ2v) is 8.50. The van der Waals surface area contributed by atoms with E-state index in [1.807, 2.05) is 46.2 Å². The molecule has 0 aliphatic carbocycles. The Labute approximate surface area is 190 Å². The molecule has 1 aliphatic rings. The average molecular weight is 446 g/mol. The monoisotopic (exact) mass is 445 g/mol. The van der Waals surface area contributed by atoms with Gasteiger partial charge >= 0.3 is 0 Å². The molecule has 1 aromatic carbocycles. The molecule has 0 unspecified atom stereocenters. The van der Waals surface area contributed by atoms with Crippen molar-refractivity contribution in [2.24, 2.45) is 0 Å². The fourth-order valence-electron chi connectivity index (χ4n) is 4.03. The van der Waals surface area contributed by atoms with E-state index in [4.69, 9.17) is 4.74 Å². The van der Waals surface area contributed by atoms with Crippen LogP contribution >= 0.6 is 11.8 Å². The predicted octanol–water partition coefficient (Wildman–Crippen LogP) is 4.45. The van der Waals surface area contributed by atoms with Crippen LogP contribution in [0.25, 0.3) is 28.1 Å². The van der Waals surface area contributed by atoms with Crippen molar-refractivity contribution in [3.63, 3.8) is 0 Å². The van der Waals surface area contributed by atoms with Gasteiger partial charge in [0.05, 0.1) is 18.3 Å². The fourth-order valence-corrected chi connectivity index (χ4v) is 4.64. The Kier molecular flexibility index (Phi) is 5.53. The normalized spacial score (nSPS) is 13.6. The number of fused-ring (bicyclic) bond motifs is 1. The Balaban J connectivity index is 1.53. The van der Waals surface area contributed by atoms with Crippen LogP contribution in [0.2, 0.25) is 0 Å². The van der Waals surface area contributed by atoms with Crippen molar-refractivity contribution in [3.8, 4) is 23.0 Å². The summed E-state index contributed by atoms with van der Waals surface area (Å²) < 4.78 is 7.23. The van der Waals surface area contributed by atoms with E-state index in [1.165, 1.54) is 0 Å². The van der Waals surface area contributed by atoms with Crippen LogP contribution < -0.4 is 4.74 Å². The first kappa shape index (κ1) is 20.5. The van der Waals surface area contributed by atoms with Crippen LogP contribution in [0.4, 0.5) is 0 Å². The van der Waals surface area contributed by atoms with Crippen LogP contribution in [0.5, 0.6) is 5.75 Å². The molecule has 4 aromatic rings. The smallest absolute Gasteiger partial charge is 0.253 e. The quantitative estimate of drug-likeness (QED) is 0.423. The Morgan fingerprint density at radius 1 is 1.06 bits per heavy atom. The van der Waals surface area contributed by atoms with Gasteiger partial charge in [-0.05, 0) is 37.3 Å². The highest BCUT2D eigenvalue weighted by molar-refractivity contribution is 7.98. The lowest BCUT2D eigenvalue weighted by Gasteiger charge is -2.15. The molecule has 0 radical (unpaired) electrons. The highest BCUT2D eigenvalue weighted by Crippen LogP contribution is 2.31. The summed E-state index contributed by atoms with van der Waals surface area (Å²) in [6.45, 7) is 1.66. The molecule has 1 amide bonds. The van der Waals surface area contributed by atoms with Gasteiger partial charge in [-0.1, -0.05) is 6.07 Å². The molecule has 0 saturated carbocycles. The molecule has 1 fully saturated rings. The third kappa shape index (κ3) is 3.71. The van der Waals surface area contributed by atoms with Gasteiger partial charge in [0.2, 0.25) is 5.95 Å². The summed E-state index contributed by atoms with van der Waals surface area (Å²) in [5.41, 5.74) is 3.17. The van der Waals surface area contributed by atoms with Crippen LogP contribution in [0, 0.1) is 0 Å². The first-order chi connectivity index (χ1) is 15.7. The number of rotatable bonds is 5. The number of hydrogen-bond donors (Lipinski definition) is 0. The first-order valence-electron chi connectivity index (χ1n) is 10.5. The molecule has 1 aliphatic heterocycles. The molecule has 3 aromatic heterocycles. The molecule has 8 heteroatoms.